The van der Waals surface area contributed by atoms with Crippen LogP contribution in [0.2, 0.25) is 0 Å². The van der Waals surface area contributed by atoms with Gasteiger partial charge in [0.05, 0.1) is 0 Å². The van der Waals surface area contributed by atoms with E-state index in [1.165, 1.54) is 0 Å². The van der Waals surface area contributed by atoms with Crippen molar-refractivity contribution in [3.63, 3.8) is 0 Å². The van der Waals surface area contributed by atoms with Crippen molar-refractivity contribution < 1.29 is 18.6 Å². The Hall–Kier alpha value is -3.30. The zero-order valence-corrected chi connectivity index (χ0v) is 11.1. The maximum absolute atomic E-state index is 5.56. The van der Waals surface area contributed by atoms with Crippen molar-refractivity contribution in [3.05, 3.63) is 23.8 Å². The molecule has 0 aliphatic carbocycles. The van der Waals surface area contributed by atoms with Gasteiger partial charge in [-0.1, -0.05) is 11.2 Å². The Kier molecular flexibility index (Phi) is 2.78. The molecule has 0 saturated carbocycles. The zero-order chi connectivity index (χ0) is 14.9. The van der Waals surface area contributed by atoms with Gasteiger partial charge >= 0.3 is 6.01 Å². The second-order valence-corrected chi connectivity index (χ2v) is 4.46. The molecule has 0 fully saturated rings. The summed E-state index contributed by atoms with van der Waals surface area (Å²) in [4.78, 5) is 4.11. The third-order valence-electron chi connectivity index (χ3n) is 3.03. The number of nitrogen functional groups attached to an aromatic ring is 1. The lowest BCUT2D eigenvalue weighted by molar-refractivity contribution is 0.174. The van der Waals surface area contributed by atoms with Crippen LogP contribution in [0.4, 0.5) is 11.8 Å². The lowest BCUT2D eigenvalue weighted by Gasteiger charge is -2.02. The fourth-order valence-electron chi connectivity index (χ4n) is 1.97. The zero-order valence-electron chi connectivity index (χ0n) is 11.1. The highest BCUT2D eigenvalue weighted by atomic mass is 16.7. The molecular formula is C12H10N6O4. The number of hydrogen-bond donors (Lipinski definition) is 2. The molecule has 3 heterocycles. The molecule has 0 atom stereocenters. The number of anilines is 2. The van der Waals surface area contributed by atoms with E-state index in [1.54, 1.807) is 0 Å². The number of fused-ring (bicyclic) bond motifs is 1. The number of ether oxygens (including phenoxy) is 2. The molecular weight excluding hydrogens is 292 g/mol. The summed E-state index contributed by atoms with van der Waals surface area (Å²) < 4.78 is 20.1. The van der Waals surface area contributed by atoms with Crippen LogP contribution >= 0.6 is 0 Å². The molecule has 3 aromatic rings. The van der Waals surface area contributed by atoms with E-state index < -0.39 is 0 Å². The Balaban J connectivity index is 1.46. The van der Waals surface area contributed by atoms with Gasteiger partial charge in [-0.25, -0.2) is 4.63 Å². The molecule has 0 amide bonds. The smallest absolute Gasteiger partial charge is 0.322 e. The van der Waals surface area contributed by atoms with Crippen molar-refractivity contribution in [2.75, 3.05) is 17.8 Å². The van der Waals surface area contributed by atoms with Crippen LogP contribution in [0.5, 0.6) is 11.5 Å². The average molecular weight is 302 g/mol. The predicted octanol–water partition coefficient (Wildman–Crippen LogP) is 1.04. The summed E-state index contributed by atoms with van der Waals surface area (Å²) in [5, 5.41) is 13.8. The van der Waals surface area contributed by atoms with E-state index in [0.29, 0.717) is 12.3 Å². The number of nitrogens with zero attached hydrogens (tertiary/aromatic N) is 4. The summed E-state index contributed by atoms with van der Waals surface area (Å²) in [5.74, 6) is 1.75. The third-order valence-corrected chi connectivity index (χ3v) is 3.03. The Morgan fingerprint density at radius 3 is 2.91 bits per heavy atom. The van der Waals surface area contributed by atoms with Gasteiger partial charge in [-0.15, -0.1) is 0 Å². The fourth-order valence-corrected chi connectivity index (χ4v) is 1.97. The van der Waals surface area contributed by atoms with E-state index in [4.69, 9.17) is 19.7 Å². The standard InChI is InChI=1S/C12H10N6O4/c13-10-9(16-22-17-10)11-15-12(21-18-11)14-4-6-1-2-7-8(3-6)20-5-19-7/h1-3H,4-5H2,(H2,13,17)(H,14,15,18). The Bertz CT molecular complexity index is 814. The minimum atomic E-state index is 0.100. The first-order chi connectivity index (χ1) is 10.8. The van der Waals surface area contributed by atoms with Crippen molar-refractivity contribution in [2.24, 2.45) is 0 Å². The van der Waals surface area contributed by atoms with Gasteiger partial charge in [0.25, 0.3) is 0 Å². The van der Waals surface area contributed by atoms with E-state index in [0.717, 1.165) is 11.3 Å². The van der Waals surface area contributed by atoms with Crippen molar-refractivity contribution >= 4 is 11.8 Å². The molecule has 1 aliphatic heterocycles. The van der Waals surface area contributed by atoms with E-state index in [2.05, 4.69) is 30.4 Å². The number of hydrogen-bond acceptors (Lipinski definition) is 10. The molecule has 4 rings (SSSR count). The molecule has 1 aliphatic rings. The van der Waals surface area contributed by atoms with Crippen LogP contribution in [0.1, 0.15) is 5.56 Å². The number of rotatable bonds is 4. The van der Waals surface area contributed by atoms with Crippen LogP contribution in [0.25, 0.3) is 11.5 Å². The minimum absolute atomic E-state index is 0.100. The van der Waals surface area contributed by atoms with Gasteiger partial charge < -0.3 is 25.0 Å². The molecule has 1 aromatic carbocycles. The van der Waals surface area contributed by atoms with Crippen LogP contribution in [0, 0.1) is 0 Å². The summed E-state index contributed by atoms with van der Waals surface area (Å²) in [6, 6.07) is 5.87. The molecule has 3 N–H and O–H groups in total. The lowest BCUT2D eigenvalue weighted by Crippen LogP contribution is -1.99. The molecule has 2 aromatic heterocycles. The first kappa shape index (κ1) is 12.4. The van der Waals surface area contributed by atoms with Gasteiger partial charge in [-0.2, -0.15) is 4.98 Å². The third kappa shape index (κ3) is 2.16. The van der Waals surface area contributed by atoms with Gasteiger partial charge in [0.15, 0.2) is 23.0 Å². The second-order valence-electron chi connectivity index (χ2n) is 4.46. The highest BCUT2D eigenvalue weighted by Gasteiger charge is 2.17. The molecule has 10 nitrogen and oxygen atoms in total. The van der Waals surface area contributed by atoms with Crippen molar-refractivity contribution in [1.29, 1.82) is 0 Å². The van der Waals surface area contributed by atoms with Gasteiger partial charge in [0, 0.05) is 6.54 Å². The maximum atomic E-state index is 5.56. The van der Waals surface area contributed by atoms with Crippen molar-refractivity contribution in [1.82, 2.24) is 20.5 Å². The SMILES string of the molecule is Nc1nonc1-c1noc(NCc2ccc3c(c2)OCO3)n1. The molecule has 10 heteroatoms. The van der Waals surface area contributed by atoms with E-state index in [1.807, 2.05) is 18.2 Å². The fraction of sp³-hybridized carbons (Fsp3) is 0.167. The van der Waals surface area contributed by atoms with Crippen LogP contribution in [0.15, 0.2) is 27.4 Å². The summed E-state index contributed by atoms with van der Waals surface area (Å²) in [6.45, 7) is 0.719. The highest BCUT2D eigenvalue weighted by Crippen LogP contribution is 2.32. The number of nitrogens with two attached hydrogens (primary N) is 1. The van der Waals surface area contributed by atoms with Crippen LogP contribution in [0.3, 0.4) is 0 Å². The Labute approximate surface area is 123 Å². The van der Waals surface area contributed by atoms with Gasteiger partial charge in [-0.05, 0) is 28.0 Å². The van der Waals surface area contributed by atoms with Crippen LogP contribution in [-0.2, 0) is 6.54 Å². The van der Waals surface area contributed by atoms with Gasteiger partial charge in [0.1, 0.15) is 0 Å². The van der Waals surface area contributed by atoms with Crippen molar-refractivity contribution in [3.8, 4) is 23.0 Å². The number of nitrogens with one attached hydrogen (secondary N) is 1. The molecule has 112 valence electrons. The monoisotopic (exact) mass is 302 g/mol. The van der Waals surface area contributed by atoms with Crippen LogP contribution in [-0.4, -0.2) is 27.2 Å². The van der Waals surface area contributed by atoms with Crippen LogP contribution < -0.4 is 20.5 Å². The first-order valence-electron chi connectivity index (χ1n) is 6.34. The topological polar surface area (TPSA) is 134 Å². The number of aromatic nitrogens is 4. The molecule has 0 saturated heterocycles. The summed E-state index contributed by atoms with van der Waals surface area (Å²) in [5.41, 5.74) is 6.78. The predicted molar refractivity (Wildman–Crippen MR) is 71.9 cm³/mol. The molecule has 22 heavy (non-hydrogen) atoms. The normalized spacial score (nSPS) is 12.5. The number of benzene rings is 1. The quantitative estimate of drug-likeness (QED) is 0.719. The average Bonchev–Trinajstić information content (AvgIpc) is 3.24. The molecule has 0 bridgehead atoms. The largest absolute Gasteiger partial charge is 0.454 e. The molecule has 0 spiro atoms. The lowest BCUT2D eigenvalue weighted by atomic mass is 10.2. The minimum Gasteiger partial charge on any atom is -0.454 e. The van der Waals surface area contributed by atoms with E-state index >= 15 is 0 Å². The van der Waals surface area contributed by atoms with E-state index in [-0.39, 0.29) is 30.1 Å². The first-order valence-corrected chi connectivity index (χ1v) is 6.34. The van der Waals surface area contributed by atoms with E-state index in [9.17, 15) is 0 Å². The molecule has 0 radical (unpaired) electrons. The van der Waals surface area contributed by atoms with Crippen molar-refractivity contribution in [2.45, 2.75) is 6.54 Å². The summed E-state index contributed by atoms with van der Waals surface area (Å²) in [7, 11) is 0. The maximum Gasteiger partial charge on any atom is 0.322 e. The highest BCUT2D eigenvalue weighted by molar-refractivity contribution is 5.62. The van der Waals surface area contributed by atoms with Gasteiger partial charge in [-0.3, -0.25) is 0 Å². The Morgan fingerprint density at radius 2 is 2.05 bits per heavy atom. The van der Waals surface area contributed by atoms with Gasteiger partial charge in [0.2, 0.25) is 12.6 Å². The summed E-state index contributed by atoms with van der Waals surface area (Å²) in [6.07, 6.45) is 0. The Morgan fingerprint density at radius 1 is 1.14 bits per heavy atom. The summed E-state index contributed by atoms with van der Waals surface area (Å²) >= 11 is 0. The molecule has 0 unspecified atom stereocenters. The second kappa shape index (κ2) is 4.91.